The molecule has 0 spiro atoms. The molecule has 2 aromatic rings. The molecule has 21 heavy (non-hydrogen) atoms. The number of rotatable bonds is 5. The largest absolute Gasteiger partial charge is 0.478 e. The summed E-state index contributed by atoms with van der Waals surface area (Å²) in [6.07, 6.45) is 1.45. The van der Waals surface area contributed by atoms with Crippen LogP contribution in [-0.4, -0.2) is 22.0 Å². The quantitative estimate of drug-likeness (QED) is 0.767. The SMILES string of the molecule is NC(=O)c1ccc(NCc2cc(C(=O)O)ccn2)c(Br)c1. The van der Waals surface area contributed by atoms with E-state index in [1.807, 2.05) is 0 Å². The van der Waals surface area contributed by atoms with Crippen molar-refractivity contribution in [2.45, 2.75) is 6.54 Å². The van der Waals surface area contributed by atoms with E-state index in [0.717, 1.165) is 5.69 Å². The highest BCUT2D eigenvalue weighted by Gasteiger charge is 2.07. The normalized spacial score (nSPS) is 10.1. The van der Waals surface area contributed by atoms with E-state index in [2.05, 4.69) is 26.2 Å². The molecule has 108 valence electrons. The number of anilines is 1. The molecule has 1 amide bonds. The first kappa shape index (κ1) is 15.0. The van der Waals surface area contributed by atoms with Gasteiger partial charge in [-0.3, -0.25) is 9.78 Å². The standard InChI is InChI=1S/C14H12BrN3O3/c15-11-6-8(13(16)19)1-2-12(11)18-7-10-5-9(14(20)21)3-4-17-10/h1-6,18H,7H2,(H2,16,19)(H,20,21). The van der Waals surface area contributed by atoms with Crippen LogP contribution in [0.1, 0.15) is 26.4 Å². The molecule has 0 fully saturated rings. The molecule has 0 saturated heterocycles. The van der Waals surface area contributed by atoms with Crippen molar-refractivity contribution < 1.29 is 14.7 Å². The minimum atomic E-state index is -0.995. The zero-order valence-electron chi connectivity index (χ0n) is 10.8. The van der Waals surface area contributed by atoms with Crippen molar-refractivity contribution in [2.24, 2.45) is 5.73 Å². The molecule has 7 heteroatoms. The van der Waals surface area contributed by atoms with E-state index in [-0.39, 0.29) is 5.56 Å². The molecule has 0 radical (unpaired) electrons. The first-order valence-electron chi connectivity index (χ1n) is 5.99. The maximum absolute atomic E-state index is 11.1. The van der Waals surface area contributed by atoms with Crippen LogP contribution in [0.4, 0.5) is 5.69 Å². The van der Waals surface area contributed by atoms with Crippen molar-refractivity contribution in [1.29, 1.82) is 0 Å². The number of hydrogen-bond acceptors (Lipinski definition) is 4. The lowest BCUT2D eigenvalue weighted by molar-refractivity contribution is 0.0696. The van der Waals surface area contributed by atoms with Gasteiger partial charge in [-0.15, -0.1) is 0 Å². The third kappa shape index (κ3) is 3.79. The molecule has 1 aromatic heterocycles. The van der Waals surface area contributed by atoms with Crippen LogP contribution in [0.15, 0.2) is 41.0 Å². The highest BCUT2D eigenvalue weighted by Crippen LogP contribution is 2.24. The number of benzene rings is 1. The molecule has 2 rings (SSSR count). The summed E-state index contributed by atoms with van der Waals surface area (Å²) in [5.41, 5.74) is 7.13. The number of halogens is 1. The van der Waals surface area contributed by atoms with Gasteiger partial charge in [-0.05, 0) is 46.3 Å². The van der Waals surface area contributed by atoms with E-state index in [1.165, 1.54) is 18.3 Å². The number of carbonyl (C=O) groups excluding carboxylic acids is 1. The van der Waals surface area contributed by atoms with Crippen LogP contribution in [0.5, 0.6) is 0 Å². The minimum Gasteiger partial charge on any atom is -0.478 e. The molecule has 1 heterocycles. The predicted octanol–water partition coefficient (Wildman–Crippen LogP) is 2.25. The van der Waals surface area contributed by atoms with Gasteiger partial charge < -0.3 is 16.2 Å². The second-order valence-electron chi connectivity index (χ2n) is 4.25. The number of carboxylic acids is 1. The molecule has 0 saturated carbocycles. The Morgan fingerprint density at radius 2 is 2.00 bits per heavy atom. The summed E-state index contributed by atoms with van der Waals surface area (Å²) in [6.45, 7) is 0.357. The molecule has 0 aliphatic rings. The van der Waals surface area contributed by atoms with E-state index in [0.29, 0.717) is 22.3 Å². The molecule has 4 N–H and O–H groups in total. The first-order valence-corrected chi connectivity index (χ1v) is 6.78. The molecule has 0 unspecified atom stereocenters. The number of hydrogen-bond donors (Lipinski definition) is 3. The number of carbonyl (C=O) groups is 2. The highest BCUT2D eigenvalue weighted by molar-refractivity contribution is 9.10. The fraction of sp³-hybridized carbons (Fsp3) is 0.0714. The fourth-order valence-corrected chi connectivity index (χ4v) is 2.22. The zero-order valence-corrected chi connectivity index (χ0v) is 12.4. The Morgan fingerprint density at radius 3 is 2.62 bits per heavy atom. The lowest BCUT2D eigenvalue weighted by atomic mass is 10.2. The third-order valence-electron chi connectivity index (χ3n) is 2.78. The monoisotopic (exact) mass is 349 g/mol. The van der Waals surface area contributed by atoms with Crippen LogP contribution in [0, 0.1) is 0 Å². The number of aromatic carboxylic acids is 1. The number of pyridine rings is 1. The number of nitrogens with two attached hydrogens (primary N) is 1. The van der Waals surface area contributed by atoms with E-state index < -0.39 is 11.9 Å². The van der Waals surface area contributed by atoms with Gasteiger partial charge in [0.1, 0.15) is 0 Å². The number of nitrogens with one attached hydrogen (secondary N) is 1. The number of carboxylic acid groups (broad SMARTS) is 1. The van der Waals surface area contributed by atoms with Gasteiger partial charge in [0.2, 0.25) is 5.91 Å². The number of amides is 1. The average molecular weight is 350 g/mol. The van der Waals surface area contributed by atoms with Crippen molar-refractivity contribution >= 4 is 33.5 Å². The summed E-state index contributed by atoms with van der Waals surface area (Å²) < 4.78 is 0.688. The Balaban J connectivity index is 2.11. The number of nitrogens with zero attached hydrogens (tertiary/aromatic N) is 1. The summed E-state index contributed by atoms with van der Waals surface area (Å²) in [7, 11) is 0. The molecular formula is C14H12BrN3O3. The topological polar surface area (TPSA) is 105 Å². The maximum atomic E-state index is 11.1. The van der Waals surface area contributed by atoms with E-state index >= 15 is 0 Å². The Hall–Kier alpha value is -2.41. The van der Waals surface area contributed by atoms with Crippen molar-refractivity contribution in [3.63, 3.8) is 0 Å². The number of aromatic nitrogens is 1. The van der Waals surface area contributed by atoms with E-state index in [1.54, 1.807) is 18.2 Å². The second-order valence-corrected chi connectivity index (χ2v) is 5.11. The molecule has 1 aromatic carbocycles. The van der Waals surface area contributed by atoms with Crippen LogP contribution in [0.2, 0.25) is 0 Å². The smallest absolute Gasteiger partial charge is 0.335 e. The minimum absolute atomic E-state index is 0.185. The van der Waals surface area contributed by atoms with Gasteiger partial charge in [-0.25, -0.2) is 4.79 Å². The molecule has 0 aliphatic carbocycles. The third-order valence-corrected chi connectivity index (χ3v) is 3.43. The van der Waals surface area contributed by atoms with Gasteiger partial charge in [0.05, 0.1) is 17.8 Å². The summed E-state index contributed by atoms with van der Waals surface area (Å²) in [6, 6.07) is 7.87. The van der Waals surface area contributed by atoms with Gasteiger partial charge in [0.15, 0.2) is 0 Å². The van der Waals surface area contributed by atoms with Gasteiger partial charge in [-0.1, -0.05) is 0 Å². The second kappa shape index (κ2) is 6.36. The number of primary amides is 1. The van der Waals surface area contributed by atoms with Gasteiger partial charge in [0.25, 0.3) is 0 Å². The summed E-state index contributed by atoms with van der Waals surface area (Å²) in [4.78, 5) is 26.0. The fourth-order valence-electron chi connectivity index (χ4n) is 1.71. The average Bonchev–Trinajstić information content (AvgIpc) is 2.46. The molecule has 0 bridgehead atoms. The first-order chi connectivity index (χ1) is 9.97. The predicted molar refractivity (Wildman–Crippen MR) is 81.2 cm³/mol. The Morgan fingerprint density at radius 1 is 1.24 bits per heavy atom. The Bertz CT molecular complexity index is 704. The Labute approximate surface area is 129 Å². The maximum Gasteiger partial charge on any atom is 0.335 e. The van der Waals surface area contributed by atoms with Gasteiger partial charge in [0, 0.05) is 21.9 Å². The summed E-state index contributed by atoms with van der Waals surface area (Å²) >= 11 is 3.34. The molecule has 0 atom stereocenters. The summed E-state index contributed by atoms with van der Waals surface area (Å²) in [5, 5.41) is 12.0. The summed E-state index contributed by atoms with van der Waals surface area (Å²) in [5.74, 6) is -1.50. The Kier molecular flexibility index (Phi) is 4.54. The van der Waals surface area contributed by atoms with Gasteiger partial charge >= 0.3 is 5.97 Å². The van der Waals surface area contributed by atoms with Crippen LogP contribution < -0.4 is 11.1 Å². The van der Waals surface area contributed by atoms with E-state index in [4.69, 9.17) is 10.8 Å². The van der Waals surface area contributed by atoms with Crippen molar-refractivity contribution in [3.8, 4) is 0 Å². The van der Waals surface area contributed by atoms with Gasteiger partial charge in [-0.2, -0.15) is 0 Å². The van der Waals surface area contributed by atoms with E-state index in [9.17, 15) is 9.59 Å². The molecular weight excluding hydrogens is 338 g/mol. The molecule has 6 nitrogen and oxygen atoms in total. The van der Waals surface area contributed by atoms with Crippen LogP contribution in [0.25, 0.3) is 0 Å². The lowest BCUT2D eigenvalue weighted by Crippen LogP contribution is -2.11. The highest BCUT2D eigenvalue weighted by atomic mass is 79.9. The lowest BCUT2D eigenvalue weighted by Gasteiger charge is -2.09. The van der Waals surface area contributed by atoms with Crippen LogP contribution in [-0.2, 0) is 6.54 Å². The van der Waals surface area contributed by atoms with Crippen LogP contribution >= 0.6 is 15.9 Å². The zero-order chi connectivity index (χ0) is 15.4. The van der Waals surface area contributed by atoms with Crippen molar-refractivity contribution in [3.05, 3.63) is 57.8 Å². The van der Waals surface area contributed by atoms with Crippen molar-refractivity contribution in [2.75, 3.05) is 5.32 Å². The van der Waals surface area contributed by atoms with Crippen LogP contribution in [0.3, 0.4) is 0 Å². The van der Waals surface area contributed by atoms with Crippen molar-refractivity contribution in [1.82, 2.24) is 4.98 Å². The molecule has 0 aliphatic heterocycles.